The van der Waals surface area contributed by atoms with Crippen LogP contribution in [0.3, 0.4) is 0 Å². The highest BCUT2D eigenvalue weighted by Gasteiger charge is 2.17. The Labute approximate surface area is 179 Å². The lowest BCUT2D eigenvalue weighted by atomic mass is 10.3. The summed E-state index contributed by atoms with van der Waals surface area (Å²) in [6.45, 7) is 3.91. The van der Waals surface area contributed by atoms with Gasteiger partial charge in [-0.05, 0) is 23.6 Å². The normalized spacial score (nSPS) is 12.4. The van der Waals surface area contributed by atoms with Gasteiger partial charge in [-0.15, -0.1) is 22.3 Å². The molecule has 0 bridgehead atoms. The van der Waals surface area contributed by atoms with Crippen molar-refractivity contribution in [1.82, 2.24) is 15.0 Å². The predicted octanol–water partition coefficient (Wildman–Crippen LogP) is 2.90. The summed E-state index contributed by atoms with van der Waals surface area (Å²) >= 11 is 8.46. The van der Waals surface area contributed by atoms with E-state index in [-0.39, 0.29) is 20.7 Å². The molecule has 12 heteroatoms. The van der Waals surface area contributed by atoms with Crippen molar-refractivity contribution in [3.8, 4) is 0 Å². The van der Waals surface area contributed by atoms with Crippen LogP contribution >= 0.6 is 34.3 Å². The fourth-order valence-electron chi connectivity index (χ4n) is 2.12. The molecule has 3 aromatic heterocycles. The van der Waals surface area contributed by atoms with Crippen LogP contribution in [0.4, 0.5) is 0 Å². The zero-order valence-corrected chi connectivity index (χ0v) is 17.9. The molecule has 3 rings (SSSR count). The molecular weight excluding hydrogens is 454 g/mol. The van der Waals surface area contributed by atoms with Crippen molar-refractivity contribution in [2.45, 2.75) is 10.8 Å². The zero-order valence-electron chi connectivity index (χ0n) is 14.7. The number of hydrogen-bond acceptors (Lipinski definition) is 7. The predicted molar refractivity (Wildman–Crippen MR) is 114 cm³/mol. The number of thiophene rings is 1. The number of sulfonamides is 1. The molecule has 0 saturated carbocycles. The first-order chi connectivity index (χ1) is 13.9. The Kier molecular flexibility index (Phi) is 6.75. The van der Waals surface area contributed by atoms with Crippen LogP contribution in [0.25, 0.3) is 0 Å². The molecule has 0 unspecified atom stereocenters. The molecule has 8 nitrogen and oxygen atoms in total. The van der Waals surface area contributed by atoms with Gasteiger partial charge in [-0.3, -0.25) is 9.78 Å². The number of halogens is 1. The van der Waals surface area contributed by atoms with Crippen LogP contribution in [0.15, 0.2) is 68.4 Å². The topological polar surface area (TPSA) is 106 Å². The molecule has 0 aliphatic heterocycles. The van der Waals surface area contributed by atoms with Crippen molar-refractivity contribution in [2.75, 3.05) is 0 Å². The maximum Gasteiger partial charge on any atom is 0.294 e. The average molecular weight is 468 g/mol. The van der Waals surface area contributed by atoms with Gasteiger partial charge < -0.3 is 4.57 Å². The number of nitrogens with one attached hydrogen (secondary N) is 1. The summed E-state index contributed by atoms with van der Waals surface area (Å²) in [7, 11) is -3.86. The van der Waals surface area contributed by atoms with E-state index in [4.69, 9.17) is 11.6 Å². The van der Waals surface area contributed by atoms with Crippen LogP contribution in [0, 0.1) is 0 Å². The number of amides is 1. The van der Waals surface area contributed by atoms with E-state index < -0.39 is 15.9 Å². The van der Waals surface area contributed by atoms with Crippen LogP contribution in [0.1, 0.15) is 15.2 Å². The number of thiazole rings is 1. The highest BCUT2D eigenvalue weighted by Crippen LogP contribution is 2.20. The van der Waals surface area contributed by atoms with Crippen LogP contribution < -0.4 is 10.2 Å². The Balaban J connectivity index is 1.91. The van der Waals surface area contributed by atoms with Crippen LogP contribution in [-0.2, 0) is 16.6 Å². The van der Waals surface area contributed by atoms with E-state index in [0.29, 0.717) is 10.4 Å². The molecule has 150 valence electrons. The van der Waals surface area contributed by atoms with Gasteiger partial charge in [0.05, 0.1) is 11.1 Å². The van der Waals surface area contributed by atoms with E-state index >= 15 is 0 Å². The Hall–Kier alpha value is -2.60. The number of allylic oxidation sites excluding steroid dienone is 1. The van der Waals surface area contributed by atoms with Crippen molar-refractivity contribution in [1.29, 1.82) is 0 Å². The van der Waals surface area contributed by atoms with E-state index in [2.05, 4.69) is 26.5 Å². The zero-order chi connectivity index (χ0) is 20.9. The number of hydrogen-bond donors (Lipinski definition) is 1. The number of rotatable bonds is 7. The van der Waals surface area contributed by atoms with Gasteiger partial charge in [-0.1, -0.05) is 35.1 Å². The molecule has 0 radical (unpaired) electrons. The van der Waals surface area contributed by atoms with E-state index in [1.165, 1.54) is 29.2 Å². The van der Waals surface area contributed by atoms with Gasteiger partial charge in [0.2, 0.25) is 4.80 Å². The summed E-state index contributed by atoms with van der Waals surface area (Å²) in [6, 6.07) is 6.21. The Morgan fingerprint density at radius 2 is 2.10 bits per heavy atom. The van der Waals surface area contributed by atoms with E-state index in [9.17, 15) is 13.2 Å². The molecule has 0 aromatic carbocycles. The third-order valence-electron chi connectivity index (χ3n) is 3.42. The molecule has 0 atom stereocenters. The first-order valence-electron chi connectivity index (χ1n) is 8.00. The second kappa shape index (κ2) is 9.27. The summed E-state index contributed by atoms with van der Waals surface area (Å²) in [5.41, 5.74) is 2.78. The van der Waals surface area contributed by atoms with Gasteiger partial charge in [0.1, 0.15) is 9.36 Å². The lowest BCUT2D eigenvalue weighted by molar-refractivity contribution is 0.0955. The third kappa shape index (κ3) is 5.07. The van der Waals surface area contributed by atoms with Gasteiger partial charge in [-0.25, -0.2) is 5.43 Å². The summed E-state index contributed by atoms with van der Waals surface area (Å²) in [6.07, 6.45) is 5.90. The van der Waals surface area contributed by atoms with Crippen LogP contribution in [0.2, 0.25) is 5.15 Å². The van der Waals surface area contributed by atoms with Gasteiger partial charge >= 0.3 is 0 Å². The number of nitrogens with zero attached hydrogens (tertiary/aromatic N) is 4. The molecular formula is C17H14ClN5O3S3. The summed E-state index contributed by atoms with van der Waals surface area (Å²) in [5, 5.41) is 5.78. The monoisotopic (exact) mass is 467 g/mol. The van der Waals surface area contributed by atoms with E-state index in [1.54, 1.807) is 29.7 Å². The maximum atomic E-state index is 12.5. The highest BCUT2D eigenvalue weighted by molar-refractivity contribution is 7.92. The van der Waals surface area contributed by atoms with Crippen LogP contribution in [-0.4, -0.2) is 30.1 Å². The summed E-state index contributed by atoms with van der Waals surface area (Å²) < 4.78 is 30.5. The minimum Gasteiger partial charge on any atom is -0.302 e. The van der Waals surface area contributed by atoms with Crippen LogP contribution in [0.5, 0.6) is 0 Å². The number of pyridine rings is 1. The Bertz CT molecular complexity index is 1210. The minimum atomic E-state index is -3.86. The second-order valence-electron chi connectivity index (χ2n) is 5.37. The molecule has 0 saturated heterocycles. The molecule has 0 spiro atoms. The number of hydrazone groups is 1. The van der Waals surface area contributed by atoms with E-state index in [1.807, 2.05) is 0 Å². The first-order valence-corrected chi connectivity index (χ1v) is 11.5. The summed E-state index contributed by atoms with van der Waals surface area (Å²) in [5.74, 6) is -0.416. The lowest BCUT2D eigenvalue weighted by Gasteiger charge is -2.00. The van der Waals surface area contributed by atoms with Gasteiger partial charge in [0, 0.05) is 24.5 Å². The van der Waals surface area contributed by atoms with Gasteiger partial charge in [-0.2, -0.15) is 13.5 Å². The second-order valence-corrected chi connectivity index (χ2v) is 9.52. The maximum absolute atomic E-state index is 12.5. The lowest BCUT2D eigenvalue weighted by Crippen LogP contribution is -2.17. The standard InChI is InChI=1S/C17H14ClN5O3S3/c1-2-9-23-15(18)13(11-20-21-16(24)12-5-7-19-8-6-12)28-17(23)22-29(25,26)14-4-3-10-27-14/h2-8,10-11H,1,9H2,(H,21,24)/b20-11+,22-17-. The van der Waals surface area contributed by atoms with Crippen molar-refractivity contribution in [3.05, 3.63) is 75.1 Å². The number of carbonyl (C=O) groups excluding carboxylic acids is 1. The minimum absolute atomic E-state index is 0.131. The largest absolute Gasteiger partial charge is 0.302 e. The van der Waals surface area contributed by atoms with Gasteiger partial charge in [0.25, 0.3) is 15.9 Å². The Morgan fingerprint density at radius 3 is 2.76 bits per heavy atom. The van der Waals surface area contributed by atoms with Crippen molar-refractivity contribution in [3.63, 3.8) is 0 Å². The molecule has 0 aliphatic carbocycles. The quantitative estimate of drug-likeness (QED) is 0.327. The molecule has 1 N–H and O–H groups in total. The Morgan fingerprint density at radius 1 is 1.34 bits per heavy atom. The fourth-order valence-corrected chi connectivity index (χ4v) is 5.56. The molecule has 1 amide bonds. The highest BCUT2D eigenvalue weighted by atomic mass is 35.5. The third-order valence-corrected chi connectivity index (χ3v) is 7.71. The molecule has 3 heterocycles. The van der Waals surface area contributed by atoms with E-state index in [0.717, 1.165) is 22.7 Å². The molecule has 3 aromatic rings. The SMILES string of the molecule is C=CCn1c(Cl)c(/C=N/NC(=O)c2ccncc2)s/c1=N\S(=O)(=O)c1cccs1. The fraction of sp³-hybridized carbons (Fsp3) is 0.0588. The molecule has 0 aliphatic rings. The smallest absolute Gasteiger partial charge is 0.294 e. The van der Waals surface area contributed by atoms with Crippen molar-refractivity contribution in [2.24, 2.45) is 9.50 Å². The number of aromatic nitrogens is 2. The number of carbonyl (C=O) groups is 1. The summed E-state index contributed by atoms with van der Waals surface area (Å²) in [4.78, 5) is 16.5. The van der Waals surface area contributed by atoms with Crippen molar-refractivity contribution >= 4 is 56.4 Å². The molecule has 0 fully saturated rings. The van der Waals surface area contributed by atoms with Gasteiger partial charge in [0.15, 0.2) is 0 Å². The molecule has 29 heavy (non-hydrogen) atoms. The van der Waals surface area contributed by atoms with Crippen molar-refractivity contribution < 1.29 is 13.2 Å². The first kappa shape index (κ1) is 21.1. The average Bonchev–Trinajstić information content (AvgIpc) is 3.34.